The first-order chi connectivity index (χ1) is 11.7. The number of aromatic amines is 1. The van der Waals surface area contributed by atoms with E-state index in [4.69, 9.17) is 4.74 Å². The van der Waals surface area contributed by atoms with Crippen LogP contribution in [0.15, 0.2) is 16.9 Å². The van der Waals surface area contributed by atoms with E-state index in [1.165, 1.54) is 12.8 Å². The van der Waals surface area contributed by atoms with Gasteiger partial charge in [0.15, 0.2) is 0 Å². The summed E-state index contributed by atoms with van der Waals surface area (Å²) in [5.74, 6) is 0.512. The van der Waals surface area contributed by atoms with Crippen LogP contribution in [0.25, 0.3) is 11.0 Å². The Morgan fingerprint density at radius 1 is 1.33 bits per heavy atom. The molecule has 124 valence electrons. The average Bonchev–Trinajstić information content (AvgIpc) is 3.34. The van der Waals surface area contributed by atoms with Gasteiger partial charge in [-0.2, -0.15) is 5.26 Å². The van der Waals surface area contributed by atoms with Gasteiger partial charge in [0.2, 0.25) is 5.88 Å². The van der Waals surface area contributed by atoms with Crippen LogP contribution >= 0.6 is 0 Å². The Morgan fingerprint density at radius 2 is 2.08 bits per heavy atom. The second kappa shape index (κ2) is 5.52. The third kappa shape index (κ3) is 2.41. The second-order valence-electron chi connectivity index (χ2n) is 6.76. The molecule has 1 spiro atoms. The Labute approximate surface area is 140 Å². The number of rotatable bonds is 3. The molecule has 0 aromatic carbocycles. The second-order valence-corrected chi connectivity index (χ2v) is 6.76. The molecule has 1 saturated heterocycles. The van der Waals surface area contributed by atoms with Gasteiger partial charge in [-0.25, -0.2) is 4.98 Å². The summed E-state index contributed by atoms with van der Waals surface area (Å²) in [6, 6.07) is 5.62. The van der Waals surface area contributed by atoms with Crippen LogP contribution in [0.1, 0.15) is 38.2 Å². The van der Waals surface area contributed by atoms with Crippen LogP contribution < -0.4 is 15.2 Å². The summed E-state index contributed by atoms with van der Waals surface area (Å²) < 4.78 is 5.50. The van der Waals surface area contributed by atoms with E-state index in [0.717, 1.165) is 25.9 Å². The first-order valence-corrected chi connectivity index (χ1v) is 8.51. The van der Waals surface area contributed by atoms with Crippen LogP contribution in [0.3, 0.4) is 0 Å². The van der Waals surface area contributed by atoms with Crippen molar-refractivity contribution in [2.75, 3.05) is 24.6 Å². The smallest absolute Gasteiger partial charge is 0.268 e. The van der Waals surface area contributed by atoms with Gasteiger partial charge in [0, 0.05) is 19.2 Å². The maximum absolute atomic E-state index is 12.3. The number of piperidine rings is 1. The molecule has 0 atom stereocenters. The van der Waals surface area contributed by atoms with Gasteiger partial charge in [-0.3, -0.25) is 4.79 Å². The SMILES string of the molecule is CCOc1ccc2[nH]c(=O)c(C#N)c(N3CCC4(CC3)CC4)c2n1. The number of hydrogen-bond acceptors (Lipinski definition) is 5. The first-order valence-electron chi connectivity index (χ1n) is 8.51. The van der Waals surface area contributed by atoms with Gasteiger partial charge < -0.3 is 14.6 Å². The van der Waals surface area contributed by atoms with Crippen molar-refractivity contribution in [2.24, 2.45) is 5.41 Å². The highest BCUT2D eigenvalue weighted by atomic mass is 16.5. The molecular weight excluding hydrogens is 304 g/mol. The zero-order valence-corrected chi connectivity index (χ0v) is 13.8. The lowest BCUT2D eigenvalue weighted by atomic mass is 9.93. The number of ether oxygens (including phenoxy) is 1. The van der Waals surface area contributed by atoms with E-state index >= 15 is 0 Å². The van der Waals surface area contributed by atoms with E-state index in [1.54, 1.807) is 12.1 Å². The van der Waals surface area contributed by atoms with Crippen molar-refractivity contribution in [1.82, 2.24) is 9.97 Å². The Morgan fingerprint density at radius 3 is 2.71 bits per heavy atom. The van der Waals surface area contributed by atoms with Crippen LogP contribution in [0, 0.1) is 16.7 Å². The fourth-order valence-corrected chi connectivity index (χ4v) is 3.65. The van der Waals surface area contributed by atoms with E-state index < -0.39 is 0 Å². The highest BCUT2D eigenvalue weighted by Gasteiger charge is 2.44. The van der Waals surface area contributed by atoms with Gasteiger partial charge in [0.1, 0.15) is 17.1 Å². The van der Waals surface area contributed by atoms with Crippen LogP contribution in [-0.4, -0.2) is 29.7 Å². The number of pyridine rings is 2. The van der Waals surface area contributed by atoms with Crippen LogP contribution in [0.5, 0.6) is 5.88 Å². The Bertz CT molecular complexity index is 882. The molecule has 6 heteroatoms. The molecule has 1 N–H and O–H groups in total. The van der Waals surface area contributed by atoms with Crippen molar-refractivity contribution >= 4 is 16.7 Å². The summed E-state index contributed by atoms with van der Waals surface area (Å²) in [6.07, 6.45) is 4.87. The van der Waals surface area contributed by atoms with Crippen molar-refractivity contribution in [1.29, 1.82) is 5.26 Å². The minimum absolute atomic E-state index is 0.149. The number of nitriles is 1. The van der Waals surface area contributed by atoms with Gasteiger partial charge in [-0.15, -0.1) is 0 Å². The first kappa shape index (κ1) is 15.0. The fourth-order valence-electron chi connectivity index (χ4n) is 3.65. The van der Waals surface area contributed by atoms with E-state index in [1.807, 2.05) is 6.92 Å². The highest BCUT2D eigenvalue weighted by Crippen LogP contribution is 2.54. The molecule has 2 aromatic heterocycles. The van der Waals surface area contributed by atoms with Crippen molar-refractivity contribution in [3.05, 3.63) is 28.0 Å². The number of hydrogen-bond donors (Lipinski definition) is 1. The van der Waals surface area contributed by atoms with E-state index in [2.05, 4.69) is 20.9 Å². The zero-order valence-electron chi connectivity index (χ0n) is 13.8. The maximum atomic E-state index is 12.3. The predicted octanol–water partition coefficient (Wildman–Crippen LogP) is 2.57. The quantitative estimate of drug-likeness (QED) is 0.938. The lowest BCUT2D eigenvalue weighted by Crippen LogP contribution is -2.36. The molecule has 1 aliphatic carbocycles. The van der Waals surface area contributed by atoms with Gasteiger partial charge in [-0.05, 0) is 44.1 Å². The summed E-state index contributed by atoms with van der Waals surface area (Å²) in [6.45, 7) is 4.16. The molecular formula is C18H20N4O2. The summed E-state index contributed by atoms with van der Waals surface area (Å²) in [4.78, 5) is 21.8. The minimum Gasteiger partial charge on any atom is -0.478 e. The average molecular weight is 324 g/mol. The lowest BCUT2D eigenvalue weighted by Gasteiger charge is -2.34. The van der Waals surface area contributed by atoms with Crippen LogP contribution in [0.2, 0.25) is 0 Å². The molecule has 0 unspecified atom stereocenters. The molecule has 0 bridgehead atoms. The molecule has 0 radical (unpaired) electrons. The number of nitrogens with one attached hydrogen (secondary N) is 1. The normalized spacial score (nSPS) is 18.6. The Balaban J connectivity index is 1.85. The Hall–Kier alpha value is -2.55. The maximum Gasteiger partial charge on any atom is 0.268 e. The molecule has 3 heterocycles. The summed E-state index contributed by atoms with van der Waals surface area (Å²) in [7, 11) is 0. The predicted molar refractivity (Wildman–Crippen MR) is 91.4 cm³/mol. The van der Waals surface area contributed by atoms with E-state index in [0.29, 0.717) is 34.6 Å². The van der Waals surface area contributed by atoms with Gasteiger partial charge >= 0.3 is 0 Å². The molecule has 6 nitrogen and oxygen atoms in total. The number of nitrogens with zero attached hydrogens (tertiary/aromatic N) is 3. The molecule has 2 aromatic rings. The fraction of sp³-hybridized carbons (Fsp3) is 0.500. The summed E-state index contributed by atoms with van der Waals surface area (Å²) in [5.41, 5.74) is 2.28. The zero-order chi connectivity index (χ0) is 16.7. The van der Waals surface area contributed by atoms with Crippen molar-refractivity contribution in [3.8, 4) is 11.9 Å². The highest BCUT2D eigenvalue weighted by molar-refractivity contribution is 5.91. The largest absolute Gasteiger partial charge is 0.478 e. The molecule has 1 saturated carbocycles. The summed E-state index contributed by atoms with van der Waals surface area (Å²) in [5, 5.41) is 9.52. The van der Waals surface area contributed by atoms with Gasteiger partial charge in [0.05, 0.1) is 17.8 Å². The van der Waals surface area contributed by atoms with Gasteiger partial charge in [-0.1, -0.05) is 0 Å². The van der Waals surface area contributed by atoms with Crippen LogP contribution in [-0.2, 0) is 0 Å². The Kier molecular flexibility index (Phi) is 3.45. The number of H-pyrrole nitrogens is 1. The van der Waals surface area contributed by atoms with Crippen molar-refractivity contribution in [2.45, 2.75) is 32.6 Å². The molecule has 24 heavy (non-hydrogen) atoms. The van der Waals surface area contributed by atoms with Crippen molar-refractivity contribution in [3.63, 3.8) is 0 Å². The number of aromatic nitrogens is 2. The molecule has 2 fully saturated rings. The van der Waals surface area contributed by atoms with E-state index in [9.17, 15) is 10.1 Å². The third-order valence-electron chi connectivity index (χ3n) is 5.31. The minimum atomic E-state index is -0.349. The molecule has 1 aliphatic heterocycles. The van der Waals surface area contributed by atoms with E-state index in [-0.39, 0.29) is 11.1 Å². The molecule has 4 rings (SSSR count). The van der Waals surface area contributed by atoms with Gasteiger partial charge in [0.25, 0.3) is 5.56 Å². The standard InChI is InChI=1S/C18H20N4O2/c1-2-24-14-4-3-13-15(21-14)16(12(11-19)17(23)20-13)22-9-7-18(5-6-18)8-10-22/h3-4H,2,5-10H2,1H3,(H,20,23). The number of anilines is 1. The summed E-state index contributed by atoms with van der Waals surface area (Å²) >= 11 is 0. The van der Waals surface area contributed by atoms with Crippen LogP contribution in [0.4, 0.5) is 5.69 Å². The monoisotopic (exact) mass is 324 g/mol. The number of fused-ring (bicyclic) bond motifs is 1. The van der Waals surface area contributed by atoms with Crippen molar-refractivity contribution < 1.29 is 4.74 Å². The lowest BCUT2D eigenvalue weighted by molar-refractivity contribution is 0.328. The molecule has 2 aliphatic rings. The topological polar surface area (TPSA) is 82.0 Å². The molecule has 0 amide bonds. The third-order valence-corrected chi connectivity index (χ3v) is 5.31.